The van der Waals surface area contributed by atoms with E-state index in [0.717, 1.165) is 21.5 Å². The lowest BCUT2D eigenvalue weighted by atomic mass is 10.1. The largest absolute Gasteiger partial charge is 0.417 e. The Morgan fingerprint density at radius 2 is 1.80 bits per heavy atom. The van der Waals surface area contributed by atoms with E-state index in [1.54, 1.807) is 0 Å². The van der Waals surface area contributed by atoms with Gasteiger partial charge in [-0.25, -0.2) is 0 Å². The molecule has 25 heavy (non-hydrogen) atoms. The van der Waals surface area contributed by atoms with Gasteiger partial charge in [-0.2, -0.15) is 30.9 Å². The van der Waals surface area contributed by atoms with Crippen molar-refractivity contribution in [2.24, 2.45) is 0 Å². The molecule has 0 aliphatic rings. The minimum atomic E-state index is -4.70. The third-order valence-electron chi connectivity index (χ3n) is 3.69. The molecule has 0 saturated carbocycles. The molecule has 3 rings (SSSR count). The first-order valence-electron chi connectivity index (χ1n) is 7.14. The Labute approximate surface area is 136 Å². The number of halogens is 6. The van der Waals surface area contributed by atoms with Crippen LogP contribution in [0.5, 0.6) is 0 Å². The second kappa shape index (κ2) is 5.74. The highest BCUT2D eigenvalue weighted by Gasteiger charge is 2.35. The van der Waals surface area contributed by atoms with E-state index >= 15 is 0 Å². The first-order chi connectivity index (χ1) is 11.6. The monoisotopic (exact) mass is 363 g/mol. The molecule has 2 aromatic heterocycles. The highest BCUT2D eigenvalue weighted by molar-refractivity contribution is 5.88. The lowest BCUT2D eigenvalue weighted by Crippen LogP contribution is -2.34. The Morgan fingerprint density at radius 1 is 1.08 bits per heavy atom. The van der Waals surface area contributed by atoms with Crippen LogP contribution in [0.2, 0.25) is 0 Å². The second-order valence-corrected chi connectivity index (χ2v) is 5.34. The summed E-state index contributed by atoms with van der Waals surface area (Å²) in [5.41, 5.74) is -1.02. The van der Waals surface area contributed by atoms with E-state index in [2.05, 4.69) is 15.5 Å². The van der Waals surface area contributed by atoms with Crippen LogP contribution < -0.4 is 4.90 Å². The summed E-state index contributed by atoms with van der Waals surface area (Å²) >= 11 is 0. The van der Waals surface area contributed by atoms with Crippen molar-refractivity contribution in [3.05, 3.63) is 29.8 Å². The number of tetrazole rings is 1. The molecule has 1 aromatic carbocycles. The number of fused-ring (bicyclic) bond motifs is 3. The van der Waals surface area contributed by atoms with Crippen molar-refractivity contribution >= 4 is 22.2 Å². The summed E-state index contributed by atoms with van der Waals surface area (Å²) in [6.07, 6.45) is -9.18. The zero-order valence-electron chi connectivity index (χ0n) is 12.7. The fraction of sp³-hybridized carbons (Fsp3) is 0.357. The molecule has 0 N–H and O–H groups in total. The van der Waals surface area contributed by atoms with Gasteiger partial charge in [-0.15, -0.1) is 5.10 Å². The smallest absolute Gasteiger partial charge is 0.363 e. The average molecular weight is 363 g/mol. The molecule has 0 amide bonds. The fourth-order valence-electron chi connectivity index (χ4n) is 2.62. The molecule has 2 heterocycles. The number of anilines is 1. The molecule has 11 heteroatoms. The van der Waals surface area contributed by atoms with Crippen molar-refractivity contribution in [1.82, 2.24) is 20.0 Å². The summed E-state index contributed by atoms with van der Waals surface area (Å²) in [5, 5.41) is 10.2. The standard InChI is InChI=1S/C14H11F6N5/c1-2-24(7-13(15,16)17)8-3-4-11-9(5-8)10(14(18,19)20)6-12-21-22-23-25(11)12/h3-6H,2,7H2,1H3. The molecule has 5 nitrogen and oxygen atoms in total. The lowest BCUT2D eigenvalue weighted by Gasteiger charge is -2.25. The number of benzene rings is 1. The fourth-order valence-corrected chi connectivity index (χ4v) is 2.62. The van der Waals surface area contributed by atoms with Gasteiger partial charge in [0.2, 0.25) is 0 Å². The maximum Gasteiger partial charge on any atom is 0.417 e. The summed E-state index contributed by atoms with van der Waals surface area (Å²) in [7, 11) is 0. The number of hydrogen-bond acceptors (Lipinski definition) is 4. The Kier molecular flexibility index (Phi) is 3.96. The molecule has 3 aromatic rings. The Bertz CT molecular complexity index is 914. The predicted octanol–water partition coefficient (Wildman–Crippen LogP) is 3.68. The van der Waals surface area contributed by atoms with Crippen LogP contribution in [0.15, 0.2) is 24.3 Å². The zero-order valence-corrected chi connectivity index (χ0v) is 12.7. The lowest BCUT2D eigenvalue weighted by molar-refractivity contribution is -0.136. The molecule has 0 atom stereocenters. The van der Waals surface area contributed by atoms with Crippen LogP contribution >= 0.6 is 0 Å². The normalized spacial score (nSPS) is 12.9. The summed E-state index contributed by atoms with van der Waals surface area (Å²) in [6, 6.07) is 4.45. The van der Waals surface area contributed by atoms with Crippen LogP contribution in [-0.4, -0.2) is 39.3 Å². The van der Waals surface area contributed by atoms with Gasteiger partial charge in [-0.3, -0.25) is 0 Å². The van der Waals surface area contributed by atoms with E-state index in [9.17, 15) is 26.3 Å². The van der Waals surface area contributed by atoms with E-state index in [-0.39, 0.29) is 28.8 Å². The third kappa shape index (κ3) is 3.30. The maximum atomic E-state index is 13.4. The molecule has 0 spiro atoms. The predicted molar refractivity (Wildman–Crippen MR) is 77.2 cm³/mol. The van der Waals surface area contributed by atoms with Gasteiger partial charge in [0.25, 0.3) is 0 Å². The van der Waals surface area contributed by atoms with Crippen molar-refractivity contribution in [3.63, 3.8) is 0 Å². The topological polar surface area (TPSA) is 46.3 Å². The molecule has 134 valence electrons. The Morgan fingerprint density at radius 3 is 2.40 bits per heavy atom. The minimum absolute atomic E-state index is 0.0144. The van der Waals surface area contributed by atoms with Gasteiger partial charge in [0.05, 0.1) is 11.1 Å². The highest BCUT2D eigenvalue weighted by atomic mass is 19.4. The first kappa shape index (κ1) is 17.2. The Balaban J connectivity index is 2.23. The number of aromatic nitrogens is 4. The number of hydrogen-bond donors (Lipinski definition) is 0. The van der Waals surface area contributed by atoms with Crippen molar-refractivity contribution in [3.8, 4) is 0 Å². The SMILES string of the molecule is CCN(CC(F)(F)F)c1ccc2c(c1)c(C(F)(F)F)cc1nnnn12. The van der Waals surface area contributed by atoms with Crippen LogP contribution in [0.1, 0.15) is 12.5 Å². The summed E-state index contributed by atoms with van der Waals surface area (Å²) < 4.78 is 79.2. The minimum Gasteiger partial charge on any atom is -0.363 e. The number of rotatable bonds is 3. The molecule has 0 aliphatic carbocycles. The van der Waals surface area contributed by atoms with Gasteiger partial charge in [0.15, 0.2) is 5.65 Å². The molecule has 0 bridgehead atoms. The number of pyridine rings is 1. The van der Waals surface area contributed by atoms with Crippen molar-refractivity contribution < 1.29 is 26.3 Å². The number of alkyl halides is 6. The van der Waals surface area contributed by atoms with Gasteiger partial charge in [-0.05, 0) is 41.6 Å². The van der Waals surface area contributed by atoms with Crippen LogP contribution in [0, 0.1) is 0 Å². The quantitative estimate of drug-likeness (QED) is 0.666. The van der Waals surface area contributed by atoms with Crippen LogP contribution in [0.4, 0.5) is 32.0 Å². The molecule has 0 unspecified atom stereocenters. The van der Waals surface area contributed by atoms with E-state index in [1.165, 1.54) is 19.1 Å². The Hall–Kier alpha value is -2.59. The van der Waals surface area contributed by atoms with E-state index in [0.29, 0.717) is 0 Å². The van der Waals surface area contributed by atoms with Crippen molar-refractivity contribution in [2.75, 3.05) is 18.0 Å². The van der Waals surface area contributed by atoms with Gasteiger partial charge < -0.3 is 4.90 Å². The highest BCUT2D eigenvalue weighted by Crippen LogP contribution is 2.37. The van der Waals surface area contributed by atoms with Crippen LogP contribution in [-0.2, 0) is 6.18 Å². The van der Waals surface area contributed by atoms with Crippen molar-refractivity contribution in [1.29, 1.82) is 0 Å². The zero-order chi connectivity index (χ0) is 18.4. The molecular formula is C14H11F6N5. The second-order valence-electron chi connectivity index (χ2n) is 5.34. The van der Waals surface area contributed by atoms with Gasteiger partial charge in [0.1, 0.15) is 6.54 Å². The van der Waals surface area contributed by atoms with Crippen LogP contribution in [0.25, 0.3) is 16.6 Å². The van der Waals surface area contributed by atoms with Gasteiger partial charge in [-0.1, -0.05) is 0 Å². The third-order valence-corrected chi connectivity index (χ3v) is 3.69. The van der Waals surface area contributed by atoms with Crippen LogP contribution in [0.3, 0.4) is 0 Å². The van der Waals surface area contributed by atoms with E-state index < -0.39 is 24.5 Å². The maximum absolute atomic E-state index is 13.4. The number of nitrogens with zero attached hydrogens (tertiary/aromatic N) is 5. The van der Waals surface area contributed by atoms with Gasteiger partial charge >= 0.3 is 12.4 Å². The van der Waals surface area contributed by atoms with Crippen molar-refractivity contribution in [2.45, 2.75) is 19.3 Å². The molecule has 0 radical (unpaired) electrons. The molecular weight excluding hydrogens is 352 g/mol. The average Bonchev–Trinajstić information content (AvgIpc) is 2.98. The summed E-state index contributed by atoms with van der Waals surface area (Å²) in [6.45, 7) is 0.216. The first-order valence-corrected chi connectivity index (χ1v) is 7.14. The summed E-state index contributed by atoms with van der Waals surface area (Å²) in [4.78, 5) is 0.948. The summed E-state index contributed by atoms with van der Waals surface area (Å²) in [5.74, 6) is 0. The van der Waals surface area contributed by atoms with E-state index in [4.69, 9.17) is 0 Å². The van der Waals surface area contributed by atoms with Gasteiger partial charge in [0, 0.05) is 17.6 Å². The van der Waals surface area contributed by atoms with E-state index in [1.807, 2.05) is 0 Å². The molecule has 0 saturated heterocycles. The molecule has 0 aliphatic heterocycles. The molecule has 0 fully saturated rings.